The summed E-state index contributed by atoms with van der Waals surface area (Å²) in [5.41, 5.74) is 0.0281. The number of carbonyl (C=O) groups is 1. The fourth-order valence-electron chi connectivity index (χ4n) is 3.40. The normalized spacial score (nSPS) is 27.7. The fourth-order valence-corrected chi connectivity index (χ4v) is 3.40. The summed E-state index contributed by atoms with van der Waals surface area (Å²) < 4.78 is 0. The Labute approximate surface area is 117 Å². The molecule has 2 aliphatic heterocycles. The van der Waals surface area contributed by atoms with Crippen molar-refractivity contribution in [3.05, 3.63) is 0 Å². The number of carbonyl (C=O) groups excluding carboxylic acids is 1. The maximum atomic E-state index is 12.3. The van der Waals surface area contributed by atoms with E-state index in [2.05, 4.69) is 35.9 Å². The monoisotopic (exact) mass is 267 g/mol. The molecule has 0 saturated carbocycles. The van der Waals surface area contributed by atoms with Crippen molar-refractivity contribution in [3.63, 3.8) is 0 Å². The van der Waals surface area contributed by atoms with Gasteiger partial charge in [-0.1, -0.05) is 13.3 Å². The summed E-state index contributed by atoms with van der Waals surface area (Å²) in [6.45, 7) is 11.9. The molecule has 1 N–H and O–H groups in total. The van der Waals surface area contributed by atoms with E-state index in [1.54, 1.807) is 0 Å². The van der Waals surface area contributed by atoms with E-state index in [9.17, 15) is 4.79 Å². The summed E-state index contributed by atoms with van der Waals surface area (Å²) in [5, 5.41) is 3.40. The van der Waals surface area contributed by atoms with E-state index >= 15 is 0 Å². The molecule has 0 spiro atoms. The van der Waals surface area contributed by atoms with E-state index in [0.29, 0.717) is 18.4 Å². The molecule has 1 unspecified atom stereocenters. The number of nitrogens with zero attached hydrogens (tertiary/aromatic N) is 2. The van der Waals surface area contributed by atoms with Crippen molar-refractivity contribution in [2.45, 2.75) is 58.0 Å². The zero-order valence-electron chi connectivity index (χ0n) is 12.7. The summed E-state index contributed by atoms with van der Waals surface area (Å²) in [6, 6.07) is 0.558. The van der Waals surface area contributed by atoms with Crippen LogP contribution in [0.25, 0.3) is 0 Å². The van der Waals surface area contributed by atoms with Crippen molar-refractivity contribution in [2.75, 3.05) is 32.7 Å². The number of unbranched alkanes of at least 4 members (excludes halogenated alkanes) is 1. The molecule has 19 heavy (non-hydrogen) atoms. The molecule has 110 valence electrons. The minimum atomic E-state index is 0.0281. The van der Waals surface area contributed by atoms with Crippen LogP contribution in [0.3, 0.4) is 0 Å². The third-order valence-corrected chi connectivity index (χ3v) is 4.57. The maximum absolute atomic E-state index is 12.3. The van der Waals surface area contributed by atoms with Gasteiger partial charge in [-0.25, -0.2) is 0 Å². The van der Waals surface area contributed by atoms with Gasteiger partial charge in [-0.15, -0.1) is 0 Å². The van der Waals surface area contributed by atoms with Gasteiger partial charge in [-0.2, -0.15) is 0 Å². The number of piperazine rings is 1. The third-order valence-electron chi connectivity index (χ3n) is 4.57. The second kappa shape index (κ2) is 6.23. The van der Waals surface area contributed by atoms with Crippen molar-refractivity contribution >= 4 is 5.91 Å². The summed E-state index contributed by atoms with van der Waals surface area (Å²) in [4.78, 5) is 17.0. The highest BCUT2D eigenvalue weighted by Gasteiger charge is 2.42. The summed E-state index contributed by atoms with van der Waals surface area (Å²) in [5.74, 6) is 0.351. The molecule has 2 heterocycles. The molecule has 0 aromatic carbocycles. The van der Waals surface area contributed by atoms with Crippen molar-refractivity contribution in [1.82, 2.24) is 15.1 Å². The average molecular weight is 267 g/mol. The van der Waals surface area contributed by atoms with Crippen LogP contribution in [0.2, 0.25) is 0 Å². The van der Waals surface area contributed by atoms with E-state index in [1.807, 2.05) is 0 Å². The zero-order valence-corrected chi connectivity index (χ0v) is 12.7. The number of amides is 1. The van der Waals surface area contributed by atoms with Crippen LogP contribution in [-0.4, -0.2) is 60.0 Å². The van der Waals surface area contributed by atoms with Crippen LogP contribution in [0.4, 0.5) is 0 Å². The van der Waals surface area contributed by atoms with E-state index in [1.165, 1.54) is 0 Å². The number of nitrogens with one attached hydrogen (secondary N) is 1. The van der Waals surface area contributed by atoms with E-state index < -0.39 is 0 Å². The van der Waals surface area contributed by atoms with Gasteiger partial charge < -0.3 is 10.2 Å². The van der Waals surface area contributed by atoms with Crippen LogP contribution >= 0.6 is 0 Å². The van der Waals surface area contributed by atoms with Gasteiger partial charge in [-0.05, 0) is 26.7 Å². The maximum Gasteiger partial charge on any atom is 0.223 e. The number of hydrogen-bond donors (Lipinski definition) is 1. The third kappa shape index (κ3) is 3.48. The Kier molecular flexibility index (Phi) is 4.85. The second-order valence-electron chi connectivity index (χ2n) is 6.56. The van der Waals surface area contributed by atoms with E-state index in [4.69, 9.17) is 0 Å². The Morgan fingerprint density at radius 2 is 2.00 bits per heavy atom. The van der Waals surface area contributed by atoms with E-state index in [0.717, 1.165) is 52.0 Å². The van der Waals surface area contributed by atoms with Crippen molar-refractivity contribution < 1.29 is 4.79 Å². The molecule has 2 rings (SSSR count). The van der Waals surface area contributed by atoms with Crippen LogP contribution in [0.15, 0.2) is 0 Å². The molecular weight excluding hydrogens is 238 g/mol. The molecule has 1 amide bonds. The summed E-state index contributed by atoms with van der Waals surface area (Å²) in [6.07, 6.45) is 3.95. The number of rotatable bonds is 4. The first-order valence-electron chi connectivity index (χ1n) is 7.80. The number of hydrogen-bond acceptors (Lipinski definition) is 3. The van der Waals surface area contributed by atoms with Gasteiger partial charge in [0.05, 0.1) is 0 Å². The zero-order chi connectivity index (χ0) is 13.9. The highest BCUT2D eigenvalue weighted by Crippen LogP contribution is 2.32. The quantitative estimate of drug-likeness (QED) is 0.837. The molecule has 4 nitrogen and oxygen atoms in total. The first-order valence-corrected chi connectivity index (χ1v) is 7.80. The first kappa shape index (κ1) is 14.8. The highest BCUT2D eigenvalue weighted by atomic mass is 16.2. The van der Waals surface area contributed by atoms with Gasteiger partial charge in [0.25, 0.3) is 0 Å². The van der Waals surface area contributed by atoms with Crippen LogP contribution in [-0.2, 0) is 4.79 Å². The Hall–Kier alpha value is -0.610. The molecule has 0 radical (unpaired) electrons. The van der Waals surface area contributed by atoms with Crippen LogP contribution < -0.4 is 5.32 Å². The van der Waals surface area contributed by atoms with Gasteiger partial charge in [0.2, 0.25) is 5.91 Å². The Bertz CT molecular complexity index is 311. The predicted octanol–water partition coefficient (Wildman–Crippen LogP) is 1.46. The van der Waals surface area contributed by atoms with Crippen molar-refractivity contribution in [2.24, 2.45) is 0 Å². The molecule has 0 bridgehead atoms. The largest absolute Gasteiger partial charge is 0.336 e. The lowest BCUT2D eigenvalue weighted by atomic mass is 9.99. The van der Waals surface area contributed by atoms with Gasteiger partial charge in [0, 0.05) is 50.7 Å². The first-order chi connectivity index (χ1) is 9.04. The summed E-state index contributed by atoms with van der Waals surface area (Å²) in [7, 11) is 0. The lowest BCUT2D eigenvalue weighted by molar-refractivity contribution is -0.134. The topological polar surface area (TPSA) is 35.6 Å². The Morgan fingerprint density at radius 3 is 2.63 bits per heavy atom. The standard InChI is InChI=1S/C15H29N3O/c1-4-5-6-14(19)18-12-13(11-15(18,2)3)17-9-7-16-8-10-17/h13,16H,4-12H2,1-3H3. The lowest BCUT2D eigenvalue weighted by Gasteiger charge is -2.32. The van der Waals surface area contributed by atoms with Gasteiger partial charge in [0.1, 0.15) is 0 Å². The van der Waals surface area contributed by atoms with Crippen molar-refractivity contribution in [1.29, 1.82) is 0 Å². The minimum Gasteiger partial charge on any atom is -0.336 e. The van der Waals surface area contributed by atoms with E-state index in [-0.39, 0.29) is 5.54 Å². The smallest absolute Gasteiger partial charge is 0.223 e. The molecular formula is C15H29N3O. The molecule has 1 atom stereocenters. The molecule has 4 heteroatoms. The number of likely N-dealkylation sites (tertiary alicyclic amines) is 1. The van der Waals surface area contributed by atoms with Crippen LogP contribution in [0.5, 0.6) is 0 Å². The highest BCUT2D eigenvalue weighted by molar-refractivity contribution is 5.77. The molecule has 2 saturated heterocycles. The van der Waals surface area contributed by atoms with Crippen LogP contribution in [0.1, 0.15) is 46.5 Å². The fraction of sp³-hybridized carbons (Fsp3) is 0.933. The average Bonchev–Trinajstić information content (AvgIpc) is 2.73. The SMILES string of the molecule is CCCCC(=O)N1CC(N2CCNCC2)CC1(C)C. The predicted molar refractivity (Wildman–Crippen MR) is 78.2 cm³/mol. The van der Waals surface area contributed by atoms with Crippen molar-refractivity contribution in [3.8, 4) is 0 Å². The van der Waals surface area contributed by atoms with Crippen LogP contribution in [0, 0.1) is 0 Å². The molecule has 0 aliphatic carbocycles. The molecule has 2 aliphatic rings. The van der Waals surface area contributed by atoms with Gasteiger partial charge in [0.15, 0.2) is 0 Å². The minimum absolute atomic E-state index is 0.0281. The lowest BCUT2D eigenvalue weighted by Crippen LogP contribution is -2.49. The Balaban J connectivity index is 1.95. The molecule has 0 aromatic heterocycles. The second-order valence-corrected chi connectivity index (χ2v) is 6.56. The molecule has 2 fully saturated rings. The van der Waals surface area contributed by atoms with Gasteiger partial charge in [-0.3, -0.25) is 9.69 Å². The Morgan fingerprint density at radius 1 is 1.32 bits per heavy atom. The summed E-state index contributed by atoms with van der Waals surface area (Å²) >= 11 is 0. The molecule has 0 aromatic rings. The van der Waals surface area contributed by atoms with Gasteiger partial charge >= 0.3 is 0 Å².